The highest BCUT2D eigenvalue weighted by molar-refractivity contribution is 7.13. The Bertz CT molecular complexity index is 451. The summed E-state index contributed by atoms with van der Waals surface area (Å²) in [5.74, 6) is -0.118. The van der Waals surface area contributed by atoms with Crippen molar-refractivity contribution in [2.75, 3.05) is 20.1 Å². The zero-order valence-corrected chi connectivity index (χ0v) is 11.4. The van der Waals surface area contributed by atoms with Gasteiger partial charge in [0.1, 0.15) is 0 Å². The monoisotopic (exact) mass is 291 g/mol. The zero-order chi connectivity index (χ0) is 12.4. The van der Waals surface area contributed by atoms with Gasteiger partial charge in [0.05, 0.1) is 10.5 Å². The van der Waals surface area contributed by atoms with E-state index in [1.807, 2.05) is 7.05 Å². The number of hydrogen-bond donors (Lipinski definition) is 1. The highest BCUT2D eigenvalue weighted by atomic mass is 35.5. The van der Waals surface area contributed by atoms with E-state index >= 15 is 0 Å². The van der Waals surface area contributed by atoms with Crippen molar-refractivity contribution in [3.05, 3.63) is 27.1 Å². The van der Waals surface area contributed by atoms with Crippen molar-refractivity contribution in [3.63, 3.8) is 0 Å². The average molecular weight is 292 g/mol. The molecule has 0 aliphatic carbocycles. The summed E-state index contributed by atoms with van der Waals surface area (Å²) >= 11 is 0.989. The summed E-state index contributed by atoms with van der Waals surface area (Å²) in [7, 11) is 1.87. The van der Waals surface area contributed by atoms with Crippen LogP contribution < -0.4 is 5.32 Å². The van der Waals surface area contributed by atoms with E-state index in [1.54, 1.807) is 10.3 Å². The second-order valence-electron chi connectivity index (χ2n) is 3.96. The smallest absolute Gasteiger partial charge is 0.324 e. The topological polar surface area (TPSA) is 75.5 Å². The maximum atomic E-state index is 12.0. The number of nitrogens with one attached hydrogen (secondary N) is 1. The molecule has 1 N–H and O–H groups in total. The van der Waals surface area contributed by atoms with Gasteiger partial charge in [0.25, 0.3) is 5.91 Å². The second kappa shape index (κ2) is 6.12. The summed E-state index contributed by atoms with van der Waals surface area (Å²) in [6.45, 7) is 1.37. The van der Waals surface area contributed by atoms with E-state index in [4.69, 9.17) is 0 Å². The number of likely N-dealkylation sites (tertiary alicyclic amines) is 1. The average Bonchev–Trinajstić information content (AvgIpc) is 2.97. The van der Waals surface area contributed by atoms with E-state index in [2.05, 4.69) is 5.32 Å². The fourth-order valence-corrected chi connectivity index (χ4v) is 2.59. The molecule has 1 aliphatic heterocycles. The summed E-state index contributed by atoms with van der Waals surface area (Å²) in [4.78, 5) is 23.8. The highest BCUT2D eigenvalue weighted by Gasteiger charge is 2.27. The minimum Gasteiger partial charge on any atom is -0.337 e. The van der Waals surface area contributed by atoms with E-state index in [9.17, 15) is 14.9 Å². The third-order valence-corrected chi connectivity index (χ3v) is 3.78. The van der Waals surface area contributed by atoms with Gasteiger partial charge in [0.15, 0.2) is 0 Å². The fraction of sp³-hybridized carbons (Fsp3) is 0.500. The highest BCUT2D eigenvalue weighted by Crippen LogP contribution is 2.24. The van der Waals surface area contributed by atoms with Gasteiger partial charge in [-0.15, -0.1) is 12.4 Å². The molecule has 18 heavy (non-hydrogen) atoms. The standard InChI is InChI=1S/C10H13N3O3S.ClH/c1-11-8-2-3-12(5-8)10(14)7-4-9(13(15)16)17-6-7;/h4,6,8,11H,2-3,5H2,1H3;1H. The van der Waals surface area contributed by atoms with Gasteiger partial charge in [0, 0.05) is 30.6 Å². The van der Waals surface area contributed by atoms with Gasteiger partial charge in [0.2, 0.25) is 0 Å². The van der Waals surface area contributed by atoms with Crippen LogP contribution in [0.2, 0.25) is 0 Å². The van der Waals surface area contributed by atoms with E-state index < -0.39 is 4.92 Å². The summed E-state index contributed by atoms with van der Waals surface area (Å²) in [5.41, 5.74) is 0.415. The molecule has 1 aromatic rings. The maximum absolute atomic E-state index is 12.0. The first-order valence-electron chi connectivity index (χ1n) is 5.31. The molecule has 1 aliphatic rings. The Hall–Kier alpha value is -1.18. The molecule has 0 aromatic carbocycles. The molecule has 8 heteroatoms. The van der Waals surface area contributed by atoms with Gasteiger partial charge >= 0.3 is 5.00 Å². The molecule has 1 saturated heterocycles. The normalized spacial score (nSPS) is 18.5. The number of amides is 1. The first kappa shape index (κ1) is 14.9. The lowest BCUT2D eigenvalue weighted by Crippen LogP contribution is -2.33. The Kier molecular flexibility index (Phi) is 5.06. The summed E-state index contributed by atoms with van der Waals surface area (Å²) < 4.78 is 0. The number of rotatable bonds is 3. The molecule has 0 spiro atoms. The van der Waals surface area contributed by atoms with E-state index in [1.165, 1.54) is 6.07 Å². The Morgan fingerprint density at radius 3 is 2.89 bits per heavy atom. The van der Waals surface area contributed by atoms with Crippen LogP contribution in [0, 0.1) is 10.1 Å². The molecule has 1 atom stereocenters. The van der Waals surface area contributed by atoms with Crippen molar-refractivity contribution in [2.45, 2.75) is 12.5 Å². The summed E-state index contributed by atoms with van der Waals surface area (Å²) in [6.07, 6.45) is 0.925. The Labute approximate surface area is 115 Å². The summed E-state index contributed by atoms with van der Waals surface area (Å²) in [5, 5.41) is 15.2. The maximum Gasteiger partial charge on any atom is 0.324 e. The zero-order valence-electron chi connectivity index (χ0n) is 9.79. The summed E-state index contributed by atoms with van der Waals surface area (Å²) in [6, 6.07) is 1.67. The van der Waals surface area contributed by atoms with Crippen LogP contribution in [0.4, 0.5) is 5.00 Å². The molecule has 1 fully saturated rings. The van der Waals surface area contributed by atoms with Crippen LogP contribution >= 0.6 is 23.7 Å². The van der Waals surface area contributed by atoms with Crippen LogP contribution in [0.25, 0.3) is 0 Å². The molecular formula is C10H14ClN3O3S. The van der Waals surface area contributed by atoms with Gasteiger partial charge in [-0.3, -0.25) is 14.9 Å². The van der Waals surface area contributed by atoms with E-state index in [-0.39, 0.29) is 23.3 Å². The van der Waals surface area contributed by atoms with Crippen LogP contribution in [0.1, 0.15) is 16.8 Å². The SMILES string of the molecule is CNC1CCN(C(=O)c2csc([N+](=O)[O-])c2)C1.Cl. The third kappa shape index (κ3) is 2.98. The second-order valence-corrected chi connectivity index (χ2v) is 4.85. The number of carbonyl (C=O) groups is 1. The number of likely N-dealkylation sites (N-methyl/N-ethyl adjacent to an activating group) is 1. The first-order valence-corrected chi connectivity index (χ1v) is 6.19. The number of carbonyl (C=O) groups excluding carboxylic acids is 1. The quantitative estimate of drug-likeness (QED) is 0.676. The van der Waals surface area contributed by atoms with Gasteiger partial charge in [-0.2, -0.15) is 0 Å². The predicted octanol–water partition coefficient (Wildman–Crippen LogP) is 1.51. The number of nitrogens with zero attached hydrogens (tertiary/aromatic N) is 2. The minimum absolute atomic E-state index is 0. The number of nitro groups is 1. The predicted molar refractivity (Wildman–Crippen MR) is 71.6 cm³/mol. The van der Waals surface area contributed by atoms with Crippen molar-refractivity contribution >= 4 is 34.7 Å². The molecule has 0 saturated carbocycles. The lowest BCUT2D eigenvalue weighted by molar-refractivity contribution is -0.380. The van der Waals surface area contributed by atoms with Crippen LogP contribution in [-0.4, -0.2) is 41.9 Å². The number of hydrogen-bond acceptors (Lipinski definition) is 5. The number of thiophene rings is 1. The van der Waals surface area contributed by atoms with Crippen molar-refractivity contribution in [2.24, 2.45) is 0 Å². The van der Waals surface area contributed by atoms with Crippen LogP contribution in [0.15, 0.2) is 11.4 Å². The van der Waals surface area contributed by atoms with Crippen molar-refractivity contribution < 1.29 is 9.72 Å². The Balaban J connectivity index is 0.00000162. The first-order chi connectivity index (χ1) is 8.11. The van der Waals surface area contributed by atoms with Crippen molar-refractivity contribution in [1.82, 2.24) is 10.2 Å². The van der Waals surface area contributed by atoms with Crippen LogP contribution in [-0.2, 0) is 0 Å². The lowest BCUT2D eigenvalue weighted by Gasteiger charge is -2.15. The molecule has 6 nitrogen and oxygen atoms in total. The molecule has 2 rings (SSSR count). The molecule has 100 valence electrons. The van der Waals surface area contributed by atoms with Crippen molar-refractivity contribution in [1.29, 1.82) is 0 Å². The van der Waals surface area contributed by atoms with Gasteiger partial charge in [-0.1, -0.05) is 11.3 Å². The van der Waals surface area contributed by atoms with E-state index in [0.717, 1.165) is 17.8 Å². The molecule has 1 unspecified atom stereocenters. The van der Waals surface area contributed by atoms with Crippen LogP contribution in [0.5, 0.6) is 0 Å². The van der Waals surface area contributed by atoms with Crippen LogP contribution in [0.3, 0.4) is 0 Å². The number of halogens is 1. The minimum atomic E-state index is -0.470. The Morgan fingerprint density at radius 2 is 2.39 bits per heavy atom. The van der Waals surface area contributed by atoms with Crippen molar-refractivity contribution in [3.8, 4) is 0 Å². The van der Waals surface area contributed by atoms with Gasteiger partial charge in [-0.25, -0.2) is 0 Å². The fourth-order valence-electron chi connectivity index (χ4n) is 1.90. The molecule has 1 aromatic heterocycles. The third-order valence-electron chi connectivity index (χ3n) is 2.90. The van der Waals surface area contributed by atoms with E-state index in [0.29, 0.717) is 24.7 Å². The molecule has 0 radical (unpaired) electrons. The lowest BCUT2D eigenvalue weighted by atomic mass is 10.3. The Morgan fingerprint density at radius 1 is 1.67 bits per heavy atom. The molecule has 2 heterocycles. The largest absolute Gasteiger partial charge is 0.337 e. The molecular weight excluding hydrogens is 278 g/mol. The molecule has 1 amide bonds. The van der Waals surface area contributed by atoms with Gasteiger partial charge in [-0.05, 0) is 13.5 Å². The molecule has 0 bridgehead atoms. The van der Waals surface area contributed by atoms with Gasteiger partial charge < -0.3 is 10.2 Å².